The van der Waals surface area contributed by atoms with Gasteiger partial charge in [0.05, 0.1) is 0 Å². The predicted molar refractivity (Wildman–Crippen MR) is 101 cm³/mol. The molecule has 25 heavy (non-hydrogen) atoms. The van der Waals surface area contributed by atoms with E-state index in [4.69, 9.17) is 0 Å². The van der Waals surface area contributed by atoms with Gasteiger partial charge in [-0.3, -0.25) is 14.7 Å². The third-order valence-corrected chi connectivity index (χ3v) is 5.34. The molecule has 2 aliphatic heterocycles. The second kappa shape index (κ2) is 9.11. The summed E-state index contributed by atoms with van der Waals surface area (Å²) in [5, 5.41) is 0. The van der Waals surface area contributed by atoms with Gasteiger partial charge in [-0.15, -0.1) is 0 Å². The molecule has 5 nitrogen and oxygen atoms in total. The van der Waals surface area contributed by atoms with Crippen LogP contribution in [0.5, 0.6) is 0 Å². The van der Waals surface area contributed by atoms with E-state index in [9.17, 15) is 4.79 Å². The summed E-state index contributed by atoms with van der Waals surface area (Å²) in [6.45, 7) is 9.63. The molecule has 0 aliphatic carbocycles. The van der Waals surface area contributed by atoms with Crippen molar-refractivity contribution in [2.24, 2.45) is 0 Å². The van der Waals surface area contributed by atoms with Gasteiger partial charge in [-0.25, -0.2) is 0 Å². The molecule has 0 N–H and O–H groups in total. The minimum Gasteiger partial charge on any atom is -0.337 e. The van der Waals surface area contributed by atoms with Gasteiger partial charge in [0.2, 0.25) is 5.91 Å². The Labute approximate surface area is 151 Å². The summed E-state index contributed by atoms with van der Waals surface area (Å²) in [6, 6.07) is 4.55. The molecule has 2 fully saturated rings. The Balaban J connectivity index is 1.43. The zero-order valence-corrected chi connectivity index (χ0v) is 15.3. The quantitative estimate of drug-likeness (QED) is 0.769. The number of rotatable bonds is 5. The van der Waals surface area contributed by atoms with E-state index in [1.54, 1.807) is 18.5 Å². The van der Waals surface area contributed by atoms with Crippen molar-refractivity contribution in [1.29, 1.82) is 0 Å². The lowest BCUT2D eigenvalue weighted by Crippen LogP contribution is -2.54. The zero-order chi connectivity index (χ0) is 17.5. The van der Waals surface area contributed by atoms with Crippen molar-refractivity contribution < 1.29 is 4.79 Å². The molecular weight excluding hydrogens is 312 g/mol. The molecule has 136 valence electrons. The van der Waals surface area contributed by atoms with Gasteiger partial charge in [-0.2, -0.15) is 0 Å². The standard InChI is InChI=1S/C20H30N4O/c1-2-10-22-11-7-19(8-12-22)23-13-15-24(16-14-23)20(25)6-5-18-4-3-9-21-17-18/h3-6,9,17,19H,2,7-8,10-16H2,1H3. The zero-order valence-electron chi connectivity index (χ0n) is 15.3. The van der Waals surface area contributed by atoms with Crippen LogP contribution in [0.15, 0.2) is 30.6 Å². The molecular formula is C20H30N4O. The largest absolute Gasteiger partial charge is 0.337 e. The molecule has 2 saturated heterocycles. The summed E-state index contributed by atoms with van der Waals surface area (Å²) >= 11 is 0. The van der Waals surface area contributed by atoms with Crippen molar-refractivity contribution in [3.63, 3.8) is 0 Å². The molecule has 0 unspecified atom stereocenters. The molecule has 0 saturated carbocycles. The Morgan fingerprint density at radius 3 is 2.60 bits per heavy atom. The normalized spacial score (nSPS) is 21.1. The highest BCUT2D eigenvalue weighted by molar-refractivity contribution is 5.91. The number of carbonyl (C=O) groups excluding carboxylic acids is 1. The number of nitrogens with zero attached hydrogens (tertiary/aromatic N) is 4. The van der Waals surface area contributed by atoms with Gasteiger partial charge in [-0.05, 0) is 56.6 Å². The first-order valence-corrected chi connectivity index (χ1v) is 9.59. The number of likely N-dealkylation sites (tertiary alicyclic amines) is 1. The lowest BCUT2D eigenvalue weighted by Gasteiger charge is -2.42. The Kier molecular flexibility index (Phi) is 6.59. The Morgan fingerprint density at radius 2 is 1.96 bits per heavy atom. The highest BCUT2D eigenvalue weighted by Crippen LogP contribution is 2.18. The number of pyridine rings is 1. The van der Waals surface area contributed by atoms with Crippen molar-refractivity contribution in [2.75, 3.05) is 45.8 Å². The van der Waals surface area contributed by atoms with Crippen LogP contribution < -0.4 is 0 Å². The molecule has 0 aromatic carbocycles. The second-order valence-corrected chi connectivity index (χ2v) is 7.05. The van der Waals surface area contributed by atoms with Crippen molar-refractivity contribution >= 4 is 12.0 Å². The molecule has 0 radical (unpaired) electrons. The molecule has 1 aromatic heterocycles. The van der Waals surface area contributed by atoms with Gasteiger partial charge in [0.1, 0.15) is 0 Å². The maximum absolute atomic E-state index is 12.4. The lowest BCUT2D eigenvalue weighted by atomic mass is 10.0. The Bertz CT molecular complexity index is 558. The van der Waals surface area contributed by atoms with Crippen molar-refractivity contribution in [3.8, 4) is 0 Å². The molecule has 5 heteroatoms. The van der Waals surface area contributed by atoms with Gasteiger partial charge >= 0.3 is 0 Å². The summed E-state index contributed by atoms with van der Waals surface area (Å²) in [4.78, 5) is 23.6. The third-order valence-electron chi connectivity index (χ3n) is 5.34. The fraction of sp³-hybridized carbons (Fsp3) is 0.600. The van der Waals surface area contributed by atoms with Crippen LogP contribution in [0.3, 0.4) is 0 Å². The highest BCUT2D eigenvalue weighted by Gasteiger charge is 2.28. The van der Waals surface area contributed by atoms with E-state index >= 15 is 0 Å². The molecule has 0 bridgehead atoms. The van der Waals surface area contributed by atoms with Crippen LogP contribution in [0.1, 0.15) is 31.7 Å². The SMILES string of the molecule is CCCN1CCC(N2CCN(C(=O)C=Cc3cccnc3)CC2)CC1. The van der Waals surface area contributed by atoms with E-state index in [0.717, 1.165) is 31.7 Å². The first kappa shape index (κ1) is 18.1. The van der Waals surface area contributed by atoms with Crippen LogP contribution in [0.25, 0.3) is 6.08 Å². The predicted octanol–water partition coefficient (Wildman–Crippen LogP) is 2.11. The van der Waals surface area contributed by atoms with Crippen LogP contribution in [-0.4, -0.2) is 77.4 Å². The number of aromatic nitrogens is 1. The van der Waals surface area contributed by atoms with Gasteiger partial charge in [0.25, 0.3) is 0 Å². The van der Waals surface area contributed by atoms with E-state index in [1.807, 2.05) is 23.1 Å². The number of carbonyl (C=O) groups is 1. The fourth-order valence-electron chi connectivity index (χ4n) is 3.88. The number of hydrogen-bond donors (Lipinski definition) is 0. The minimum atomic E-state index is 0.112. The van der Waals surface area contributed by atoms with E-state index < -0.39 is 0 Å². The van der Waals surface area contributed by atoms with Crippen molar-refractivity contribution in [3.05, 3.63) is 36.2 Å². The Hall–Kier alpha value is -1.72. The summed E-state index contributed by atoms with van der Waals surface area (Å²) in [5.74, 6) is 0.112. The van der Waals surface area contributed by atoms with E-state index in [-0.39, 0.29) is 5.91 Å². The number of piperidine rings is 1. The number of piperazine rings is 1. The van der Waals surface area contributed by atoms with Crippen molar-refractivity contribution in [1.82, 2.24) is 19.7 Å². The highest BCUT2D eigenvalue weighted by atomic mass is 16.2. The van der Waals surface area contributed by atoms with Gasteiger partial charge < -0.3 is 9.80 Å². The molecule has 1 aromatic rings. The topological polar surface area (TPSA) is 39.7 Å². The van der Waals surface area contributed by atoms with Crippen LogP contribution in [-0.2, 0) is 4.79 Å². The second-order valence-electron chi connectivity index (χ2n) is 7.05. The first-order chi connectivity index (χ1) is 12.3. The van der Waals surface area contributed by atoms with E-state index in [2.05, 4.69) is 21.7 Å². The van der Waals surface area contributed by atoms with Crippen LogP contribution in [0.4, 0.5) is 0 Å². The summed E-state index contributed by atoms with van der Waals surface area (Å²) in [7, 11) is 0. The average Bonchev–Trinajstić information content (AvgIpc) is 2.68. The minimum absolute atomic E-state index is 0.112. The van der Waals surface area contributed by atoms with Crippen LogP contribution in [0, 0.1) is 0 Å². The van der Waals surface area contributed by atoms with Crippen LogP contribution >= 0.6 is 0 Å². The van der Waals surface area contributed by atoms with E-state index in [0.29, 0.717) is 6.04 Å². The number of amides is 1. The molecule has 3 heterocycles. The van der Waals surface area contributed by atoms with Gasteiger partial charge in [0.15, 0.2) is 0 Å². The summed E-state index contributed by atoms with van der Waals surface area (Å²) in [6.07, 6.45) is 10.8. The smallest absolute Gasteiger partial charge is 0.246 e. The van der Waals surface area contributed by atoms with Gasteiger partial charge in [0, 0.05) is 50.7 Å². The maximum Gasteiger partial charge on any atom is 0.246 e. The fourth-order valence-corrected chi connectivity index (χ4v) is 3.88. The average molecular weight is 342 g/mol. The van der Waals surface area contributed by atoms with E-state index in [1.165, 1.54) is 38.9 Å². The van der Waals surface area contributed by atoms with Crippen molar-refractivity contribution in [2.45, 2.75) is 32.2 Å². The van der Waals surface area contributed by atoms with Crippen LogP contribution in [0.2, 0.25) is 0 Å². The number of hydrogen-bond acceptors (Lipinski definition) is 4. The molecule has 3 rings (SSSR count). The summed E-state index contributed by atoms with van der Waals surface area (Å²) in [5.41, 5.74) is 0.966. The molecule has 1 amide bonds. The Morgan fingerprint density at radius 1 is 1.20 bits per heavy atom. The molecule has 2 aliphatic rings. The third kappa shape index (κ3) is 5.13. The molecule has 0 atom stereocenters. The monoisotopic (exact) mass is 342 g/mol. The molecule has 0 spiro atoms. The summed E-state index contributed by atoms with van der Waals surface area (Å²) < 4.78 is 0. The lowest BCUT2D eigenvalue weighted by molar-refractivity contribution is -0.128. The van der Waals surface area contributed by atoms with Gasteiger partial charge in [-0.1, -0.05) is 13.0 Å². The maximum atomic E-state index is 12.4. The first-order valence-electron chi connectivity index (χ1n) is 9.59.